The van der Waals surface area contributed by atoms with E-state index in [9.17, 15) is 0 Å². The summed E-state index contributed by atoms with van der Waals surface area (Å²) in [5, 5.41) is 3.96. The lowest BCUT2D eigenvalue weighted by atomic mass is 10.1. The number of thioether (sulfide) groups is 1. The molecule has 1 unspecified atom stereocenters. The molecule has 18 heavy (non-hydrogen) atoms. The molecule has 1 fully saturated rings. The van der Waals surface area contributed by atoms with Crippen molar-refractivity contribution in [3.8, 4) is 0 Å². The van der Waals surface area contributed by atoms with Crippen molar-refractivity contribution in [3.63, 3.8) is 0 Å². The number of hydrogen-bond donors (Lipinski definition) is 1. The van der Waals surface area contributed by atoms with Crippen molar-refractivity contribution in [2.24, 2.45) is 0 Å². The third-order valence-electron chi connectivity index (χ3n) is 3.38. The van der Waals surface area contributed by atoms with Gasteiger partial charge in [-0.25, -0.2) is 9.97 Å². The molecular weight excluding hydrogens is 242 g/mol. The van der Waals surface area contributed by atoms with Crippen LogP contribution in [0.5, 0.6) is 0 Å². The van der Waals surface area contributed by atoms with E-state index in [1.165, 1.54) is 24.2 Å². The highest BCUT2D eigenvalue weighted by Gasteiger charge is 2.21. The van der Waals surface area contributed by atoms with E-state index in [0.29, 0.717) is 5.25 Å². The van der Waals surface area contributed by atoms with Gasteiger partial charge >= 0.3 is 0 Å². The second-order valence-electron chi connectivity index (χ2n) is 4.91. The quantitative estimate of drug-likeness (QED) is 0.830. The van der Waals surface area contributed by atoms with Crippen LogP contribution in [0.4, 0.5) is 0 Å². The van der Waals surface area contributed by atoms with Gasteiger partial charge in [-0.05, 0) is 45.4 Å². The van der Waals surface area contributed by atoms with Crippen molar-refractivity contribution in [2.75, 3.05) is 12.3 Å². The largest absolute Gasteiger partial charge is 0.313 e. The molecule has 1 saturated heterocycles. The zero-order chi connectivity index (χ0) is 13.0. The van der Waals surface area contributed by atoms with E-state index in [2.05, 4.69) is 26.1 Å². The summed E-state index contributed by atoms with van der Waals surface area (Å²) in [5.74, 6) is 2.30. The Bertz CT molecular complexity index is 377. The summed E-state index contributed by atoms with van der Waals surface area (Å²) in [6, 6.07) is 0. The Hall–Kier alpha value is -0.610. The van der Waals surface area contributed by atoms with Crippen molar-refractivity contribution in [2.45, 2.75) is 51.8 Å². The molecule has 2 heterocycles. The summed E-state index contributed by atoms with van der Waals surface area (Å²) in [6.45, 7) is 8.36. The van der Waals surface area contributed by atoms with Crippen LogP contribution in [-0.4, -0.2) is 22.3 Å². The molecule has 100 valence electrons. The second kappa shape index (κ2) is 6.53. The fraction of sp³-hybridized carbons (Fsp3) is 0.714. The van der Waals surface area contributed by atoms with E-state index in [4.69, 9.17) is 9.97 Å². The van der Waals surface area contributed by atoms with Crippen molar-refractivity contribution in [1.29, 1.82) is 0 Å². The summed E-state index contributed by atoms with van der Waals surface area (Å²) in [7, 11) is 0. The molecule has 0 aliphatic carbocycles. The molecule has 1 N–H and O–H groups in total. The Morgan fingerprint density at radius 3 is 2.56 bits per heavy atom. The van der Waals surface area contributed by atoms with Gasteiger partial charge in [-0.15, -0.1) is 0 Å². The van der Waals surface area contributed by atoms with Gasteiger partial charge in [-0.1, -0.05) is 6.92 Å². The van der Waals surface area contributed by atoms with Crippen LogP contribution in [0.2, 0.25) is 0 Å². The predicted octanol–water partition coefficient (Wildman–Crippen LogP) is 3.16. The number of nitrogens with one attached hydrogen (secondary N) is 1. The fourth-order valence-corrected chi connectivity index (χ4v) is 3.54. The van der Waals surface area contributed by atoms with Crippen LogP contribution in [0, 0.1) is 13.8 Å². The molecule has 0 amide bonds. The molecule has 1 aliphatic rings. The standard InChI is InChI=1S/C14H23N3S/c1-4-7-15-9-12-10(2)16-14(17-11(12)3)13-6-5-8-18-13/h13,15H,4-9H2,1-3H3. The van der Waals surface area contributed by atoms with Crippen LogP contribution in [-0.2, 0) is 6.54 Å². The lowest BCUT2D eigenvalue weighted by Gasteiger charge is -2.14. The minimum absolute atomic E-state index is 0.528. The predicted molar refractivity (Wildman–Crippen MR) is 77.9 cm³/mol. The first-order valence-electron chi connectivity index (χ1n) is 6.88. The molecule has 0 aromatic carbocycles. The minimum atomic E-state index is 0.528. The van der Waals surface area contributed by atoms with Gasteiger partial charge in [-0.3, -0.25) is 0 Å². The van der Waals surface area contributed by atoms with Crippen LogP contribution in [0.15, 0.2) is 0 Å². The number of hydrogen-bond acceptors (Lipinski definition) is 4. The van der Waals surface area contributed by atoms with Gasteiger partial charge in [-0.2, -0.15) is 11.8 Å². The van der Waals surface area contributed by atoms with E-state index in [0.717, 1.165) is 36.7 Å². The maximum atomic E-state index is 4.72. The van der Waals surface area contributed by atoms with Crippen molar-refractivity contribution in [1.82, 2.24) is 15.3 Å². The molecule has 1 atom stereocenters. The Labute approximate surface area is 114 Å². The fourth-order valence-electron chi connectivity index (χ4n) is 2.34. The van der Waals surface area contributed by atoms with Gasteiger partial charge in [0.05, 0.1) is 5.25 Å². The summed E-state index contributed by atoms with van der Waals surface area (Å²) < 4.78 is 0. The van der Waals surface area contributed by atoms with E-state index in [1.807, 2.05) is 11.8 Å². The second-order valence-corrected chi connectivity index (χ2v) is 6.22. The summed E-state index contributed by atoms with van der Waals surface area (Å²) in [6.07, 6.45) is 3.70. The third kappa shape index (κ3) is 3.23. The first-order valence-corrected chi connectivity index (χ1v) is 7.93. The number of aromatic nitrogens is 2. The first kappa shape index (κ1) is 13.8. The topological polar surface area (TPSA) is 37.8 Å². The van der Waals surface area contributed by atoms with E-state index in [1.54, 1.807) is 0 Å². The number of aryl methyl sites for hydroxylation is 2. The van der Waals surface area contributed by atoms with Crippen LogP contribution < -0.4 is 5.32 Å². The summed E-state index contributed by atoms with van der Waals surface area (Å²) >= 11 is 2.00. The molecular formula is C14H23N3S. The van der Waals surface area contributed by atoms with E-state index < -0.39 is 0 Å². The zero-order valence-corrected chi connectivity index (χ0v) is 12.4. The van der Waals surface area contributed by atoms with Crippen molar-refractivity contribution in [3.05, 3.63) is 22.8 Å². The smallest absolute Gasteiger partial charge is 0.141 e. The van der Waals surface area contributed by atoms with Gasteiger partial charge in [0.2, 0.25) is 0 Å². The van der Waals surface area contributed by atoms with Crippen LogP contribution in [0.25, 0.3) is 0 Å². The van der Waals surface area contributed by atoms with Crippen LogP contribution in [0.3, 0.4) is 0 Å². The molecule has 0 bridgehead atoms. The molecule has 1 aliphatic heterocycles. The maximum Gasteiger partial charge on any atom is 0.141 e. The summed E-state index contributed by atoms with van der Waals surface area (Å²) in [4.78, 5) is 9.45. The highest BCUT2D eigenvalue weighted by Crippen LogP contribution is 2.38. The Morgan fingerprint density at radius 2 is 2.00 bits per heavy atom. The molecule has 1 aromatic heterocycles. The van der Waals surface area contributed by atoms with Crippen molar-refractivity contribution >= 4 is 11.8 Å². The summed E-state index contributed by atoms with van der Waals surface area (Å²) in [5.41, 5.74) is 3.57. The third-order valence-corrected chi connectivity index (χ3v) is 4.76. The Kier molecular flexibility index (Phi) is 5.01. The lowest BCUT2D eigenvalue weighted by molar-refractivity contribution is 0.659. The molecule has 0 radical (unpaired) electrons. The number of nitrogens with zero attached hydrogens (tertiary/aromatic N) is 2. The van der Waals surface area contributed by atoms with Gasteiger partial charge in [0, 0.05) is 23.5 Å². The molecule has 4 heteroatoms. The van der Waals surface area contributed by atoms with Gasteiger partial charge in [0.15, 0.2) is 0 Å². The number of rotatable bonds is 5. The van der Waals surface area contributed by atoms with Crippen LogP contribution in [0.1, 0.15) is 54.2 Å². The maximum absolute atomic E-state index is 4.72. The Balaban J connectivity index is 2.12. The van der Waals surface area contributed by atoms with Crippen molar-refractivity contribution < 1.29 is 0 Å². The van der Waals surface area contributed by atoms with Gasteiger partial charge in [0.1, 0.15) is 5.82 Å². The van der Waals surface area contributed by atoms with Gasteiger partial charge < -0.3 is 5.32 Å². The Morgan fingerprint density at radius 1 is 1.28 bits per heavy atom. The highest BCUT2D eigenvalue weighted by molar-refractivity contribution is 7.99. The average Bonchev–Trinajstić information content (AvgIpc) is 2.86. The lowest BCUT2D eigenvalue weighted by Crippen LogP contribution is -2.17. The minimum Gasteiger partial charge on any atom is -0.313 e. The molecule has 0 saturated carbocycles. The normalized spacial score (nSPS) is 19.4. The molecule has 0 spiro atoms. The van der Waals surface area contributed by atoms with E-state index >= 15 is 0 Å². The highest BCUT2D eigenvalue weighted by atomic mass is 32.2. The van der Waals surface area contributed by atoms with Crippen LogP contribution >= 0.6 is 11.8 Å². The first-order chi connectivity index (χ1) is 8.72. The van der Waals surface area contributed by atoms with Gasteiger partial charge in [0.25, 0.3) is 0 Å². The van der Waals surface area contributed by atoms with E-state index in [-0.39, 0.29) is 0 Å². The zero-order valence-electron chi connectivity index (χ0n) is 11.6. The average molecular weight is 265 g/mol. The molecule has 2 rings (SSSR count). The molecule has 1 aromatic rings. The monoisotopic (exact) mass is 265 g/mol. The SMILES string of the molecule is CCCNCc1c(C)nc(C2CCCS2)nc1C. The molecule has 3 nitrogen and oxygen atoms in total.